The molecule has 1 N–H and O–H groups in total. The topological polar surface area (TPSA) is 98.6 Å². The summed E-state index contributed by atoms with van der Waals surface area (Å²) >= 11 is 0. The second-order valence-electron chi connectivity index (χ2n) is 9.19. The number of nitrogens with one attached hydrogen (secondary N) is 1. The number of hydrogen-bond acceptors (Lipinski definition) is 6. The highest BCUT2D eigenvalue weighted by Crippen LogP contribution is 2.38. The molecule has 2 heterocycles. The number of halogens is 1. The molecule has 1 unspecified atom stereocenters. The number of carbonyl (C=O) groups excluding carboxylic acids is 2. The van der Waals surface area contributed by atoms with Gasteiger partial charge in [0.1, 0.15) is 23.9 Å². The van der Waals surface area contributed by atoms with Crippen LogP contribution < -0.4 is 19.7 Å². The minimum Gasteiger partial charge on any atom is -0.454 e. The average Bonchev–Trinajstić information content (AvgIpc) is 3.62. The first-order chi connectivity index (χ1) is 19.6. The molecule has 4 aromatic carbocycles. The lowest BCUT2D eigenvalue weighted by Gasteiger charge is -2.31. The Hall–Kier alpha value is -5.25. The maximum absolute atomic E-state index is 14.1. The lowest BCUT2D eigenvalue weighted by Crippen LogP contribution is -2.45. The van der Waals surface area contributed by atoms with E-state index in [9.17, 15) is 14.0 Å². The van der Waals surface area contributed by atoms with Crippen molar-refractivity contribution in [3.63, 3.8) is 0 Å². The minimum absolute atomic E-state index is 0.0522. The Labute approximate surface area is 228 Å². The number of ether oxygens (including phenoxy) is 2. The van der Waals surface area contributed by atoms with Crippen LogP contribution in [0, 0.1) is 5.82 Å². The van der Waals surface area contributed by atoms with Crippen molar-refractivity contribution in [2.24, 2.45) is 0 Å². The largest absolute Gasteiger partial charge is 0.454 e. The summed E-state index contributed by atoms with van der Waals surface area (Å²) in [6, 6.07) is 26.1. The molecular weight excluding hydrogens is 513 g/mol. The molecule has 5 aromatic rings. The predicted octanol–water partition coefficient (Wildman–Crippen LogP) is 4.39. The van der Waals surface area contributed by atoms with E-state index in [0.29, 0.717) is 33.8 Å². The number of benzene rings is 4. The summed E-state index contributed by atoms with van der Waals surface area (Å²) in [5, 5.41) is 11.2. The van der Waals surface area contributed by atoms with Crippen LogP contribution in [0.15, 0.2) is 97.1 Å². The fourth-order valence-electron chi connectivity index (χ4n) is 4.66. The minimum atomic E-state index is -1.13. The van der Waals surface area contributed by atoms with Gasteiger partial charge in [0.2, 0.25) is 18.6 Å². The molecule has 0 saturated heterocycles. The summed E-state index contributed by atoms with van der Waals surface area (Å²) in [6.07, 6.45) is 0. The lowest BCUT2D eigenvalue weighted by atomic mass is 10.0. The summed E-state index contributed by atoms with van der Waals surface area (Å²) in [6.45, 7) is 0.101. The molecule has 0 spiro atoms. The summed E-state index contributed by atoms with van der Waals surface area (Å²) in [5.74, 6) is -0.347. The highest BCUT2D eigenvalue weighted by molar-refractivity contribution is 6.01. The van der Waals surface area contributed by atoms with Crippen LogP contribution in [0.1, 0.15) is 17.2 Å². The first-order valence-corrected chi connectivity index (χ1v) is 12.6. The summed E-state index contributed by atoms with van der Waals surface area (Å²) < 4.78 is 26.4. The molecule has 0 saturated carbocycles. The number of fused-ring (bicyclic) bond motifs is 2. The fraction of sp³-hybridized carbons (Fsp3) is 0.133. The maximum Gasteiger partial charge on any atom is 0.249 e. The zero-order chi connectivity index (χ0) is 27.5. The van der Waals surface area contributed by atoms with E-state index < -0.39 is 23.7 Å². The normalized spacial score (nSPS) is 12.7. The second-order valence-corrected chi connectivity index (χ2v) is 9.19. The van der Waals surface area contributed by atoms with Gasteiger partial charge in [-0.15, -0.1) is 5.10 Å². The predicted molar refractivity (Wildman–Crippen MR) is 145 cm³/mol. The Morgan fingerprint density at radius 1 is 0.925 bits per heavy atom. The number of para-hydroxylation sites is 1. The van der Waals surface area contributed by atoms with Crippen LogP contribution >= 0.6 is 0 Å². The Balaban J connectivity index is 1.41. The fourth-order valence-corrected chi connectivity index (χ4v) is 4.66. The van der Waals surface area contributed by atoms with E-state index in [0.717, 1.165) is 5.56 Å². The quantitative estimate of drug-likeness (QED) is 0.315. The lowest BCUT2D eigenvalue weighted by molar-refractivity contribution is -0.127. The highest BCUT2D eigenvalue weighted by Gasteiger charge is 2.34. The molecule has 200 valence electrons. The van der Waals surface area contributed by atoms with Crippen molar-refractivity contribution in [3.05, 3.63) is 114 Å². The van der Waals surface area contributed by atoms with Gasteiger partial charge < -0.3 is 14.8 Å². The van der Waals surface area contributed by atoms with E-state index in [1.165, 1.54) is 33.8 Å². The Kier molecular flexibility index (Phi) is 6.80. The zero-order valence-corrected chi connectivity index (χ0v) is 21.2. The van der Waals surface area contributed by atoms with Crippen LogP contribution in [0.25, 0.3) is 11.0 Å². The first kappa shape index (κ1) is 25.1. The number of nitrogens with zero attached hydrogens (tertiary/aromatic N) is 4. The molecule has 10 heteroatoms. The maximum atomic E-state index is 14.1. The van der Waals surface area contributed by atoms with Gasteiger partial charge in [0.25, 0.3) is 0 Å². The number of anilines is 1. The van der Waals surface area contributed by atoms with Gasteiger partial charge in [0.15, 0.2) is 11.5 Å². The molecule has 1 aliphatic heterocycles. The van der Waals surface area contributed by atoms with Gasteiger partial charge in [-0.05, 0) is 47.5 Å². The van der Waals surface area contributed by atoms with Crippen molar-refractivity contribution in [2.75, 3.05) is 11.7 Å². The third kappa shape index (κ3) is 5.06. The van der Waals surface area contributed by atoms with E-state index in [2.05, 4.69) is 15.6 Å². The zero-order valence-electron chi connectivity index (χ0n) is 21.2. The third-order valence-electron chi connectivity index (χ3n) is 6.61. The molecule has 0 bridgehead atoms. The van der Waals surface area contributed by atoms with Crippen LogP contribution in [-0.4, -0.2) is 33.6 Å². The highest BCUT2D eigenvalue weighted by atomic mass is 19.1. The molecule has 0 radical (unpaired) electrons. The van der Waals surface area contributed by atoms with E-state index in [1.807, 2.05) is 48.5 Å². The Morgan fingerprint density at radius 3 is 2.50 bits per heavy atom. The van der Waals surface area contributed by atoms with E-state index in [-0.39, 0.29) is 19.9 Å². The van der Waals surface area contributed by atoms with E-state index >= 15 is 0 Å². The Bertz CT molecular complexity index is 1670. The molecular formula is C30H24FN5O4. The summed E-state index contributed by atoms with van der Waals surface area (Å²) in [7, 11) is 0. The smallest absolute Gasteiger partial charge is 0.249 e. The molecule has 1 aliphatic rings. The standard InChI is InChI=1S/C30H24FN5O4/c31-22-12-10-21(11-13-22)29(30(38)32-17-20-6-2-1-3-7-20)36(23-14-15-26-27(16-23)40-19-39-26)28(37)18-35-25-9-5-4-8-24(25)33-34-35/h1-16,29H,17-19H2,(H,32,38). The summed E-state index contributed by atoms with van der Waals surface area (Å²) in [5.41, 5.74) is 3.04. The SMILES string of the molecule is O=C(NCc1ccccc1)C(c1ccc(F)cc1)N(C(=O)Cn1nnc2ccccc21)c1ccc2c(c1)OCO2. The molecule has 6 rings (SSSR count). The van der Waals surface area contributed by atoms with Crippen LogP contribution in [0.3, 0.4) is 0 Å². The van der Waals surface area contributed by atoms with Gasteiger partial charge in [0, 0.05) is 18.3 Å². The van der Waals surface area contributed by atoms with Crippen molar-refractivity contribution in [3.8, 4) is 11.5 Å². The van der Waals surface area contributed by atoms with Gasteiger partial charge >= 0.3 is 0 Å². The average molecular weight is 538 g/mol. The summed E-state index contributed by atoms with van der Waals surface area (Å²) in [4.78, 5) is 29.4. The number of amides is 2. The van der Waals surface area contributed by atoms with Crippen molar-refractivity contribution >= 4 is 28.5 Å². The molecule has 0 aliphatic carbocycles. The van der Waals surface area contributed by atoms with Gasteiger partial charge in [-0.2, -0.15) is 0 Å². The number of rotatable bonds is 8. The molecule has 1 aromatic heterocycles. The van der Waals surface area contributed by atoms with Crippen molar-refractivity contribution in [1.29, 1.82) is 0 Å². The molecule has 40 heavy (non-hydrogen) atoms. The van der Waals surface area contributed by atoms with Gasteiger partial charge in [-0.3, -0.25) is 14.5 Å². The number of aromatic nitrogens is 3. The molecule has 0 fully saturated rings. The van der Waals surface area contributed by atoms with Crippen LogP contribution in [0.2, 0.25) is 0 Å². The third-order valence-corrected chi connectivity index (χ3v) is 6.61. The van der Waals surface area contributed by atoms with Crippen molar-refractivity contribution in [2.45, 2.75) is 19.1 Å². The van der Waals surface area contributed by atoms with Crippen LogP contribution in [-0.2, 0) is 22.7 Å². The van der Waals surface area contributed by atoms with E-state index in [4.69, 9.17) is 9.47 Å². The first-order valence-electron chi connectivity index (χ1n) is 12.6. The van der Waals surface area contributed by atoms with Gasteiger partial charge in [0.05, 0.1) is 5.52 Å². The monoisotopic (exact) mass is 537 g/mol. The molecule has 1 atom stereocenters. The Morgan fingerprint density at radius 2 is 1.68 bits per heavy atom. The number of hydrogen-bond donors (Lipinski definition) is 1. The molecule has 9 nitrogen and oxygen atoms in total. The van der Waals surface area contributed by atoms with Gasteiger partial charge in [-0.1, -0.05) is 59.8 Å². The van der Waals surface area contributed by atoms with Gasteiger partial charge in [-0.25, -0.2) is 9.07 Å². The van der Waals surface area contributed by atoms with E-state index in [1.54, 1.807) is 24.3 Å². The second kappa shape index (κ2) is 10.9. The number of carbonyl (C=O) groups is 2. The van der Waals surface area contributed by atoms with Crippen LogP contribution in [0.4, 0.5) is 10.1 Å². The molecule has 2 amide bonds. The van der Waals surface area contributed by atoms with Crippen molar-refractivity contribution < 1.29 is 23.5 Å². The van der Waals surface area contributed by atoms with Crippen molar-refractivity contribution in [1.82, 2.24) is 20.3 Å². The van der Waals surface area contributed by atoms with Crippen LogP contribution in [0.5, 0.6) is 11.5 Å².